The lowest BCUT2D eigenvalue weighted by Crippen LogP contribution is -2.43. The van der Waals surface area contributed by atoms with E-state index in [9.17, 15) is 14.4 Å². The fourth-order valence-corrected chi connectivity index (χ4v) is 1.41. The highest BCUT2D eigenvalue weighted by Crippen LogP contribution is 2.12. The molecule has 0 heterocycles. The van der Waals surface area contributed by atoms with Crippen molar-refractivity contribution in [1.29, 1.82) is 0 Å². The lowest BCUT2D eigenvalue weighted by molar-refractivity contribution is -0.140. The zero-order valence-corrected chi connectivity index (χ0v) is 10.3. The molecule has 0 unspecified atom stereocenters. The molecule has 0 aliphatic rings. The molecule has 19 heavy (non-hydrogen) atoms. The fourth-order valence-electron chi connectivity index (χ4n) is 1.41. The topological polar surface area (TPSA) is 119 Å². The Balaban J connectivity index is 2.81. The highest BCUT2D eigenvalue weighted by atomic mass is 16.5. The molecule has 0 aliphatic heterocycles. The standard InChI is InChI=1S/C12H14N2O5/c1-19-8-4-2-3-7(5-8)11(16)14-9(12(17)18)6-10(13)15/h2-5,9H,6H2,1H3,(H2,13,15)(H,14,16)(H,17,18)/t9-/m0/s1. The van der Waals surface area contributed by atoms with E-state index in [4.69, 9.17) is 15.6 Å². The molecular weight excluding hydrogens is 252 g/mol. The molecule has 4 N–H and O–H groups in total. The number of nitrogens with two attached hydrogens (primary N) is 1. The Morgan fingerprint density at radius 2 is 2.11 bits per heavy atom. The predicted octanol–water partition coefficient (Wildman–Crippen LogP) is -0.246. The molecule has 1 rings (SSSR count). The molecule has 0 saturated heterocycles. The molecular formula is C12H14N2O5. The number of carboxylic acid groups (broad SMARTS) is 1. The summed E-state index contributed by atoms with van der Waals surface area (Å²) in [5.41, 5.74) is 5.15. The van der Waals surface area contributed by atoms with Crippen LogP contribution in [0.1, 0.15) is 16.8 Å². The monoisotopic (exact) mass is 266 g/mol. The van der Waals surface area contributed by atoms with Gasteiger partial charge in [-0.2, -0.15) is 0 Å². The lowest BCUT2D eigenvalue weighted by atomic mass is 10.1. The highest BCUT2D eigenvalue weighted by molar-refractivity contribution is 5.97. The quantitative estimate of drug-likeness (QED) is 0.656. The number of amides is 2. The number of ether oxygens (including phenoxy) is 1. The van der Waals surface area contributed by atoms with E-state index in [2.05, 4.69) is 5.32 Å². The lowest BCUT2D eigenvalue weighted by Gasteiger charge is -2.13. The summed E-state index contributed by atoms with van der Waals surface area (Å²) in [6.45, 7) is 0. The van der Waals surface area contributed by atoms with Gasteiger partial charge in [-0.1, -0.05) is 6.07 Å². The Kier molecular flexibility index (Phi) is 4.87. The van der Waals surface area contributed by atoms with E-state index < -0.39 is 30.2 Å². The van der Waals surface area contributed by atoms with E-state index in [1.54, 1.807) is 12.1 Å². The number of aliphatic carboxylic acids is 1. The van der Waals surface area contributed by atoms with Crippen molar-refractivity contribution in [3.8, 4) is 5.75 Å². The summed E-state index contributed by atoms with van der Waals surface area (Å²) in [4.78, 5) is 33.4. The summed E-state index contributed by atoms with van der Waals surface area (Å²) >= 11 is 0. The number of methoxy groups -OCH3 is 1. The molecule has 1 aromatic carbocycles. The van der Waals surface area contributed by atoms with Crippen molar-refractivity contribution < 1.29 is 24.2 Å². The number of hydrogen-bond donors (Lipinski definition) is 3. The molecule has 1 atom stereocenters. The summed E-state index contributed by atoms with van der Waals surface area (Å²) in [5.74, 6) is -2.28. The number of hydrogen-bond acceptors (Lipinski definition) is 4. The van der Waals surface area contributed by atoms with Crippen molar-refractivity contribution >= 4 is 17.8 Å². The number of nitrogens with one attached hydrogen (secondary N) is 1. The van der Waals surface area contributed by atoms with Gasteiger partial charge in [-0.15, -0.1) is 0 Å². The van der Waals surface area contributed by atoms with Gasteiger partial charge in [0.15, 0.2) is 0 Å². The van der Waals surface area contributed by atoms with E-state index in [0.717, 1.165) is 0 Å². The van der Waals surface area contributed by atoms with E-state index >= 15 is 0 Å². The molecule has 0 aliphatic carbocycles. The van der Waals surface area contributed by atoms with Crippen LogP contribution in [-0.2, 0) is 9.59 Å². The SMILES string of the molecule is COc1cccc(C(=O)N[C@@H](CC(N)=O)C(=O)O)c1. The van der Waals surface area contributed by atoms with Crippen molar-refractivity contribution in [2.24, 2.45) is 5.73 Å². The van der Waals surface area contributed by atoms with Crippen molar-refractivity contribution in [3.05, 3.63) is 29.8 Å². The van der Waals surface area contributed by atoms with E-state index in [1.807, 2.05) is 0 Å². The minimum absolute atomic E-state index is 0.232. The third-order valence-corrected chi connectivity index (χ3v) is 2.34. The second-order valence-corrected chi connectivity index (χ2v) is 3.77. The van der Waals surface area contributed by atoms with Crippen LogP contribution in [0.25, 0.3) is 0 Å². The van der Waals surface area contributed by atoms with Crippen LogP contribution in [0.4, 0.5) is 0 Å². The molecule has 2 amide bonds. The molecule has 0 aromatic heterocycles. The van der Waals surface area contributed by atoms with Crippen LogP contribution < -0.4 is 15.8 Å². The van der Waals surface area contributed by atoms with Gasteiger partial charge in [0.2, 0.25) is 5.91 Å². The largest absolute Gasteiger partial charge is 0.497 e. The number of benzene rings is 1. The van der Waals surface area contributed by atoms with Gasteiger partial charge in [0.25, 0.3) is 5.91 Å². The molecule has 0 bridgehead atoms. The average Bonchev–Trinajstić information content (AvgIpc) is 2.37. The van der Waals surface area contributed by atoms with Crippen molar-refractivity contribution in [3.63, 3.8) is 0 Å². The third-order valence-electron chi connectivity index (χ3n) is 2.34. The van der Waals surface area contributed by atoms with E-state index in [-0.39, 0.29) is 5.56 Å². The molecule has 0 spiro atoms. The van der Waals surface area contributed by atoms with Gasteiger partial charge in [-0.3, -0.25) is 9.59 Å². The Morgan fingerprint density at radius 3 is 2.63 bits per heavy atom. The molecule has 0 fully saturated rings. The summed E-state index contributed by atoms with van der Waals surface area (Å²) in [6, 6.07) is 4.85. The number of carbonyl (C=O) groups excluding carboxylic acids is 2. The van der Waals surface area contributed by atoms with Crippen molar-refractivity contribution in [1.82, 2.24) is 5.32 Å². The Labute approximate surface area is 109 Å². The van der Waals surface area contributed by atoms with Gasteiger partial charge in [0.05, 0.1) is 13.5 Å². The maximum absolute atomic E-state index is 11.8. The maximum Gasteiger partial charge on any atom is 0.326 e. The van der Waals surface area contributed by atoms with Crippen LogP contribution in [0.3, 0.4) is 0 Å². The molecule has 102 valence electrons. The minimum Gasteiger partial charge on any atom is -0.497 e. The normalized spacial score (nSPS) is 11.4. The smallest absolute Gasteiger partial charge is 0.326 e. The molecule has 1 aromatic rings. The van der Waals surface area contributed by atoms with Crippen molar-refractivity contribution in [2.75, 3.05) is 7.11 Å². The number of carboxylic acids is 1. The first-order valence-electron chi connectivity index (χ1n) is 5.40. The highest BCUT2D eigenvalue weighted by Gasteiger charge is 2.22. The van der Waals surface area contributed by atoms with Gasteiger partial charge in [0, 0.05) is 5.56 Å². The maximum atomic E-state index is 11.8. The van der Waals surface area contributed by atoms with Crippen molar-refractivity contribution in [2.45, 2.75) is 12.5 Å². The van der Waals surface area contributed by atoms with Gasteiger partial charge in [-0.05, 0) is 18.2 Å². The van der Waals surface area contributed by atoms with Crippen LogP contribution >= 0.6 is 0 Å². The van der Waals surface area contributed by atoms with Crippen LogP contribution in [0.15, 0.2) is 24.3 Å². The summed E-state index contributed by atoms with van der Waals surface area (Å²) in [6.07, 6.45) is -0.467. The van der Waals surface area contributed by atoms with Crippen LogP contribution in [-0.4, -0.2) is 36.0 Å². The first kappa shape index (κ1) is 14.5. The molecule has 0 saturated carbocycles. The molecule has 7 heteroatoms. The van der Waals surface area contributed by atoms with Gasteiger partial charge >= 0.3 is 5.97 Å². The molecule has 7 nitrogen and oxygen atoms in total. The van der Waals surface area contributed by atoms with E-state index in [1.165, 1.54) is 19.2 Å². The van der Waals surface area contributed by atoms with E-state index in [0.29, 0.717) is 5.75 Å². The number of carbonyl (C=O) groups is 3. The second-order valence-electron chi connectivity index (χ2n) is 3.77. The number of primary amides is 1. The van der Waals surface area contributed by atoms with Crippen LogP contribution in [0.5, 0.6) is 5.75 Å². The first-order valence-corrected chi connectivity index (χ1v) is 5.40. The first-order chi connectivity index (χ1) is 8.93. The van der Waals surface area contributed by atoms with Gasteiger partial charge in [-0.25, -0.2) is 4.79 Å². The Hall–Kier alpha value is -2.57. The summed E-state index contributed by atoms with van der Waals surface area (Å²) in [7, 11) is 1.45. The molecule has 0 radical (unpaired) electrons. The summed E-state index contributed by atoms with van der Waals surface area (Å²) < 4.78 is 4.95. The third kappa shape index (κ3) is 4.30. The predicted molar refractivity (Wildman–Crippen MR) is 65.7 cm³/mol. The minimum atomic E-state index is -1.35. The number of rotatable bonds is 6. The fraction of sp³-hybridized carbons (Fsp3) is 0.250. The van der Waals surface area contributed by atoms with Gasteiger partial charge in [0.1, 0.15) is 11.8 Å². The Bertz CT molecular complexity index is 501. The second kappa shape index (κ2) is 6.39. The van der Waals surface area contributed by atoms with Crippen LogP contribution in [0, 0.1) is 0 Å². The Morgan fingerprint density at radius 1 is 1.42 bits per heavy atom. The average molecular weight is 266 g/mol. The van der Waals surface area contributed by atoms with Gasteiger partial charge < -0.3 is 20.9 Å². The zero-order chi connectivity index (χ0) is 14.4. The van der Waals surface area contributed by atoms with Crippen LogP contribution in [0.2, 0.25) is 0 Å². The summed E-state index contributed by atoms with van der Waals surface area (Å²) in [5, 5.41) is 11.1. The zero-order valence-electron chi connectivity index (χ0n) is 10.3.